The lowest BCUT2D eigenvalue weighted by Crippen LogP contribution is -1.99. The van der Waals surface area contributed by atoms with Crippen molar-refractivity contribution in [3.63, 3.8) is 0 Å². The minimum Gasteiger partial charge on any atom is -0.494 e. The number of aldehydes is 1. The molecule has 0 atom stereocenters. The molecule has 0 saturated heterocycles. The Morgan fingerprint density at radius 3 is 2.00 bits per heavy atom. The number of aromatic carboxylic acids is 1. The molecule has 0 spiro atoms. The highest BCUT2D eigenvalue weighted by Gasteiger charge is 2.01. The third kappa shape index (κ3) is 8.45. The molecule has 22 heavy (non-hydrogen) atoms. The Morgan fingerprint density at radius 2 is 1.45 bits per heavy atom. The van der Waals surface area contributed by atoms with Crippen molar-refractivity contribution in [2.75, 3.05) is 6.61 Å². The van der Waals surface area contributed by atoms with Crippen molar-refractivity contribution in [1.29, 1.82) is 0 Å². The monoisotopic (exact) mass is 306 g/mol. The van der Waals surface area contributed by atoms with Crippen LogP contribution in [0.1, 0.15) is 68.1 Å². The average Bonchev–Trinajstić information content (AvgIpc) is 2.53. The van der Waals surface area contributed by atoms with Crippen molar-refractivity contribution >= 4 is 12.3 Å². The van der Waals surface area contributed by atoms with Crippen LogP contribution in [0.3, 0.4) is 0 Å². The zero-order chi connectivity index (χ0) is 16.0. The fourth-order valence-electron chi connectivity index (χ4n) is 2.27. The van der Waals surface area contributed by atoms with Crippen LogP contribution in [0, 0.1) is 0 Å². The highest BCUT2D eigenvalue weighted by Crippen LogP contribution is 2.14. The predicted octanol–water partition coefficient (Wildman–Crippen LogP) is 4.47. The Morgan fingerprint density at radius 1 is 0.909 bits per heavy atom. The molecule has 0 aliphatic rings. The molecular formula is C18H26O4. The van der Waals surface area contributed by atoms with Crippen molar-refractivity contribution < 1.29 is 19.4 Å². The number of hydrogen-bond acceptors (Lipinski definition) is 3. The van der Waals surface area contributed by atoms with Crippen LogP contribution in [0.5, 0.6) is 5.75 Å². The van der Waals surface area contributed by atoms with Gasteiger partial charge in [-0.15, -0.1) is 0 Å². The third-order valence-electron chi connectivity index (χ3n) is 3.59. The number of carbonyl (C=O) groups is 2. The first kappa shape index (κ1) is 18.2. The van der Waals surface area contributed by atoms with Gasteiger partial charge >= 0.3 is 5.97 Å². The van der Waals surface area contributed by atoms with E-state index in [4.69, 9.17) is 9.84 Å². The first-order chi connectivity index (χ1) is 10.7. The molecule has 0 aliphatic heterocycles. The molecule has 1 rings (SSSR count). The summed E-state index contributed by atoms with van der Waals surface area (Å²) in [5, 5.41) is 8.80. The van der Waals surface area contributed by atoms with E-state index in [-0.39, 0.29) is 5.56 Å². The topological polar surface area (TPSA) is 63.6 Å². The zero-order valence-electron chi connectivity index (χ0n) is 13.1. The maximum atomic E-state index is 10.7. The average molecular weight is 306 g/mol. The molecule has 0 aliphatic carbocycles. The van der Waals surface area contributed by atoms with E-state index < -0.39 is 5.97 Å². The Kier molecular flexibility index (Phi) is 9.75. The van der Waals surface area contributed by atoms with Crippen molar-refractivity contribution in [3.8, 4) is 5.75 Å². The predicted molar refractivity (Wildman–Crippen MR) is 86.5 cm³/mol. The van der Waals surface area contributed by atoms with E-state index in [1.807, 2.05) is 0 Å². The Balaban J connectivity index is 1.95. The van der Waals surface area contributed by atoms with Crippen LogP contribution in [0.25, 0.3) is 0 Å². The molecule has 0 unspecified atom stereocenters. The lowest BCUT2D eigenvalue weighted by Gasteiger charge is -2.06. The lowest BCUT2D eigenvalue weighted by atomic mass is 10.1. The molecule has 0 fully saturated rings. The summed E-state index contributed by atoms with van der Waals surface area (Å²) >= 11 is 0. The van der Waals surface area contributed by atoms with Gasteiger partial charge in [-0.2, -0.15) is 0 Å². The van der Waals surface area contributed by atoms with Crippen LogP contribution in [0.4, 0.5) is 0 Å². The summed E-state index contributed by atoms with van der Waals surface area (Å²) in [5.74, 6) is -0.196. The fraction of sp³-hybridized carbons (Fsp3) is 0.556. The molecule has 0 heterocycles. The van der Waals surface area contributed by atoms with Gasteiger partial charge in [0.25, 0.3) is 0 Å². The van der Waals surface area contributed by atoms with E-state index in [0.717, 1.165) is 37.7 Å². The molecule has 4 heteroatoms. The van der Waals surface area contributed by atoms with Gasteiger partial charge in [0.05, 0.1) is 12.2 Å². The smallest absolute Gasteiger partial charge is 0.335 e. The summed E-state index contributed by atoms with van der Waals surface area (Å²) < 4.78 is 5.59. The molecule has 122 valence electrons. The number of rotatable bonds is 13. The second-order valence-electron chi connectivity index (χ2n) is 5.46. The second kappa shape index (κ2) is 11.8. The van der Waals surface area contributed by atoms with E-state index in [9.17, 15) is 9.59 Å². The Hall–Kier alpha value is -1.84. The molecular weight excluding hydrogens is 280 g/mol. The number of carbonyl (C=O) groups excluding carboxylic acids is 1. The molecule has 0 aromatic heterocycles. The maximum absolute atomic E-state index is 10.7. The number of carboxylic acid groups (broad SMARTS) is 1. The van der Waals surface area contributed by atoms with E-state index in [1.165, 1.54) is 25.7 Å². The quantitative estimate of drug-likeness (QED) is 0.431. The van der Waals surface area contributed by atoms with Crippen molar-refractivity contribution in [2.24, 2.45) is 0 Å². The molecule has 0 saturated carbocycles. The van der Waals surface area contributed by atoms with Gasteiger partial charge < -0.3 is 14.6 Å². The van der Waals surface area contributed by atoms with Crippen LogP contribution >= 0.6 is 0 Å². The van der Waals surface area contributed by atoms with Crippen LogP contribution in [-0.2, 0) is 4.79 Å². The first-order valence-corrected chi connectivity index (χ1v) is 8.14. The highest BCUT2D eigenvalue weighted by molar-refractivity contribution is 5.87. The number of hydrogen-bond donors (Lipinski definition) is 1. The zero-order valence-corrected chi connectivity index (χ0v) is 13.1. The van der Waals surface area contributed by atoms with Gasteiger partial charge in [0.1, 0.15) is 12.0 Å². The van der Waals surface area contributed by atoms with E-state index in [1.54, 1.807) is 24.3 Å². The van der Waals surface area contributed by atoms with E-state index >= 15 is 0 Å². The van der Waals surface area contributed by atoms with Gasteiger partial charge in [-0.25, -0.2) is 4.79 Å². The standard InChI is InChI=1S/C18H26O4/c19-14-8-6-4-2-1-3-5-7-9-15-22-17-12-10-16(11-13-17)18(20)21/h10-14H,1-9,15H2,(H,20,21). The van der Waals surface area contributed by atoms with Gasteiger partial charge in [0, 0.05) is 6.42 Å². The third-order valence-corrected chi connectivity index (χ3v) is 3.59. The van der Waals surface area contributed by atoms with Crippen LogP contribution in [0.2, 0.25) is 0 Å². The number of benzene rings is 1. The van der Waals surface area contributed by atoms with Crippen LogP contribution in [-0.4, -0.2) is 24.0 Å². The van der Waals surface area contributed by atoms with E-state index in [2.05, 4.69) is 0 Å². The molecule has 1 aromatic rings. The van der Waals surface area contributed by atoms with Crippen molar-refractivity contribution in [1.82, 2.24) is 0 Å². The Bertz CT molecular complexity index is 425. The largest absolute Gasteiger partial charge is 0.494 e. The van der Waals surface area contributed by atoms with Gasteiger partial charge in [-0.05, 0) is 37.1 Å². The van der Waals surface area contributed by atoms with E-state index in [0.29, 0.717) is 13.0 Å². The Labute approximate surface area is 132 Å². The minimum atomic E-state index is -0.919. The van der Waals surface area contributed by atoms with Crippen molar-refractivity contribution in [2.45, 2.75) is 57.8 Å². The molecule has 0 bridgehead atoms. The van der Waals surface area contributed by atoms with Crippen LogP contribution < -0.4 is 4.74 Å². The summed E-state index contributed by atoms with van der Waals surface area (Å²) in [4.78, 5) is 20.9. The molecule has 0 radical (unpaired) electrons. The van der Waals surface area contributed by atoms with Crippen LogP contribution in [0.15, 0.2) is 24.3 Å². The SMILES string of the molecule is O=CCCCCCCCCCCOc1ccc(C(=O)O)cc1. The van der Waals surface area contributed by atoms with Gasteiger partial charge in [-0.1, -0.05) is 38.5 Å². The summed E-state index contributed by atoms with van der Waals surface area (Å²) in [5.41, 5.74) is 0.278. The number of unbranched alkanes of at least 4 members (excludes halogenated alkanes) is 8. The minimum absolute atomic E-state index is 0.278. The lowest BCUT2D eigenvalue weighted by molar-refractivity contribution is -0.107. The second-order valence-corrected chi connectivity index (χ2v) is 5.46. The summed E-state index contributed by atoms with van der Waals surface area (Å²) in [6, 6.07) is 6.51. The van der Waals surface area contributed by atoms with Crippen molar-refractivity contribution in [3.05, 3.63) is 29.8 Å². The maximum Gasteiger partial charge on any atom is 0.335 e. The first-order valence-electron chi connectivity index (χ1n) is 8.14. The molecule has 4 nitrogen and oxygen atoms in total. The normalized spacial score (nSPS) is 10.4. The number of ether oxygens (including phenoxy) is 1. The van der Waals surface area contributed by atoms with Gasteiger partial charge in [0.15, 0.2) is 0 Å². The fourth-order valence-corrected chi connectivity index (χ4v) is 2.27. The molecule has 1 N–H and O–H groups in total. The highest BCUT2D eigenvalue weighted by atomic mass is 16.5. The molecule has 0 amide bonds. The summed E-state index contributed by atoms with van der Waals surface area (Å²) in [6.45, 7) is 0.672. The number of carboxylic acids is 1. The van der Waals surface area contributed by atoms with Gasteiger partial charge in [0.2, 0.25) is 0 Å². The summed E-state index contributed by atoms with van der Waals surface area (Å²) in [6.07, 6.45) is 11.0. The summed E-state index contributed by atoms with van der Waals surface area (Å²) in [7, 11) is 0. The van der Waals surface area contributed by atoms with Gasteiger partial charge in [-0.3, -0.25) is 0 Å². The molecule has 1 aromatic carbocycles.